The fourth-order valence-corrected chi connectivity index (χ4v) is 1.93. The van der Waals surface area contributed by atoms with Crippen LogP contribution in [0.2, 0.25) is 0 Å². The first-order valence-electron chi connectivity index (χ1n) is 6.83. The molecule has 0 aliphatic rings. The van der Waals surface area contributed by atoms with Gasteiger partial charge in [0.15, 0.2) is 0 Å². The molecule has 0 radical (unpaired) electrons. The lowest BCUT2D eigenvalue weighted by Gasteiger charge is -2.09. The Hall–Kier alpha value is -2.49. The van der Waals surface area contributed by atoms with Crippen LogP contribution in [0.25, 0.3) is 0 Å². The number of anilines is 1. The maximum atomic E-state index is 11.8. The van der Waals surface area contributed by atoms with Gasteiger partial charge in [-0.2, -0.15) is 0 Å². The van der Waals surface area contributed by atoms with Crippen molar-refractivity contribution in [2.24, 2.45) is 0 Å². The molecule has 2 rings (SSSR count). The number of carbonyl (C=O) groups is 1. The maximum Gasteiger partial charge on any atom is 0.227 e. The van der Waals surface area contributed by atoms with Gasteiger partial charge in [-0.05, 0) is 49.2 Å². The molecular formula is C17H19NO3. The summed E-state index contributed by atoms with van der Waals surface area (Å²) in [6.45, 7) is 4.18. The van der Waals surface area contributed by atoms with E-state index in [0.717, 1.165) is 16.9 Å². The first kappa shape index (κ1) is 14.9. The Labute approximate surface area is 124 Å². The molecule has 4 nitrogen and oxygen atoms in total. The second-order valence-electron chi connectivity index (χ2n) is 4.98. The van der Waals surface area contributed by atoms with E-state index in [4.69, 9.17) is 4.74 Å². The van der Waals surface area contributed by atoms with Crippen LogP contribution >= 0.6 is 0 Å². The Bertz CT molecular complexity index is 638. The minimum absolute atomic E-state index is 0.0635. The second-order valence-corrected chi connectivity index (χ2v) is 4.98. The van der Waals surface area contributed by atoms with Crippen molar-refractivity contribution in [1.29, 1.82) is 0 Å². The number of phenols is 1. The predicted octanol–water partition coefficient (Wildman–Crippen LogP) is 3.42. The lowest BCUT2D eigenvalue weighted by molar-refractivity contribution is -0.116. The van der Waals surface area contributed by atoms with E-state index in [0.29, 0.717) is 12.3 Å². The zero-order chi connectivity index (χ0) is 15.2. The molecule has 0 aliphatic heterocycles. The monoisotopic (exact) mass is 285 g/mol. The topological polar surface area (TPSA) is 58.6 Å². The molecule has 0 saturated carbocycles. The van der Waals surface area contributed by atoms with Gasteiger partial charge >= 0.3 is 0 Å². The van der Waals surface area contributed by atoms with Crippen molar-refractivity contribution >= 4 is 11.6 Å². The van der Waals surface area contributed by atoms with E-state index in [-0.39, 0.29) is 18.1 Å². The number of ether oxygens (including phenoxy) is 1. The van der Waals surface area contributed by atoms with Gasteiger partial charge in [0.05, 0.1) is 18.7 Å². The van der Waals surface area contributed by atoms with Crippen molar-refractivity contribution in [2.75, 3.05) is 11.9 Å². The van der Waals surface area contributed by atoms with Gasteiger partial charge in [-0.25, -0.2) is 0 Å². The van der Waals surface area contributed by atoms with E-state index in [1.165, 1.54) is 0 Å². The quantitative estimate of drug-likeness (QED) is 0.828. The third-order valence-electron chi connectivity index (χ3n) is 3.01. The minimum Gasteiger partial charge on any atom is -0.506 e. The van der Waals surface area contributed by atoms with Gasteiger partial charge < -0.3 is 15.2 Å². The number of hydrogen-bond acceptors (Lipinski definition) is 3. The number of phenolic OH excluding ortho intramolecular Hbond substituents is 1. The Morgan fingerprint density at radius 1 is 1.14 bits per heavy atom. The molecule has 1 amide bonds. The molecule has 0 spiro atoms. The molecule has 0 atom stereocenters. The van der Waals surface area contributed by atoms with E-state index in [9.17, 15) is 9.90 Å². The lowest BCUT2D eigenvalue weighted by atomic mass is 10.2. The average molecular weight is 285 g/mol. The zero-order valence-electron chi connectivity index (χ0n) is 12.2. The number of aryl methyl sites for hydroxylation is 2. The van der Waals surface area contributed by atoms with Crippen LogP contribution in [0.4, 0.5) is 5.69 Å². The van der Waals surface area contributed by atoms with Gasteiger partial charge in [0.1, 0.15) is 11.5 Å². The molecule has 110 valence electrons. The van der Waals surface area contributed by atoms with Crippen LogP contribution in [-0.2, 0) is 4.79 Å². The van der Waals surface area contributed by atoms with E-state index in [1.54, 1.807) is 18.2 Å². The molecule has 0 heterocycles. The number of aromatic hydroxyl groups is 1. The first-order valence-corrected chi connectivity index (χ1v) is 6.83. The van der Waals surface area contributed by atoms with Crippen LogP contribution in [0, 0.1) is 13.8 Å². The van der Waals surface area contributed by atoms with Crippen LogP contribution in [0.15, 0.2) is 42.5 Å². The van der Waals surface area contributed by atoms with Crippen LogP contribution in [0.1, 0.15) is 17.5 Å². The smallest absolute Gasteiger partial charge is 0.227 e. The molecule has 2 N–H and O–H groups in total. The number of rotatable bonds is 5. The molecule has 2 aromatic carbocycles. The van der Waals surface area contributed by atoms with E-state index in [1.807, 2.05) is 38.1 Å². The van der Waals surface area contributed by atoms with Crippen LogP contribution in [0.5, 0.6) is 11.5 Å². The summed E-state index contributed by atoms with van der Waals surface area (Å²) in [7, 11) is 0. The van der Waals surface area contributed by atoms with Gasteiger partial charge in [-0.1, -0.05) is 18.2 Å². The minimum atomic E-state index is -0.191. The fourth-order valence-electron chi connectivity index (χ4n) is 1.93. The molecule has 4 heteroatoms. The molecule has 2 aromatic rings. The molecule has 0 aliphatic carbocycles. The van der Waals surface area contributed by atoms with Crippen molar-refractivity contribution in [3.8, 4) is 11.5 Å². The number of benzene rings is 2. The van der Waals surface area contributed by atoms with Crippen LogP contribution in [0.3, 0.4) is 0 Å². The summed E-state index contributed by atoms with van der Waals surface area (Å²) < 4.78 is 5.53. The Kier molecular flexibility index (Phi) is 4.82. The van der Waals surface area contributed by atoms with Gasteiger partial charge in [0.25, 0.3) is 0 Å². The van der Waals surface area contributed by atoms with E-state index in [2.05, 4.69) is 5.32 Å². The van der Waals surface area contributed by atoms with E-state index < -0.39 is 0 Å². The highest BCUT2D eigenvalue weighted by Gasteiger charge is 2.07. The summed E-state index contributed by atoms with van der Waals surface area (Å²) in [6, 6.07) is 12.8. The Morgan fingerprint density at radius 3 is 2.67 bits per heavy atom. The summed E-state index contributed by atoms with van der Waals surface area (Å²) in [5.41, 5.74) is 2.51. The van der Waals surface area contributed by atoms with Crippen molar-refractivity contribution in [3.05, 3.63) is 53.6 Å². The zero-order valence-corrected chi connectivity index (χ0v) is 12.2. The Morgan fingerprint density at radius 2 is 1.90 bits per heavy atom. The summed E-state index contributed by atoms with van der Waals surface area (Å²) in [4.78, 5) is 11.8. The third-order valence-corrected chi connectivity index (χ3v) is 3.01. The Balaban J connectivity index is 1.84. The van der Waals surface area contributed by atoms with E-state index >= 15 is 0 Å². The lowest BCUT2D eigenvalue weighted by Crippen LogP contribution is -2.15. The molecule has 0 saturated heterocycles. The average Bonchev–Trinajstić information content (AvgIpc) is 2.43. The summed E-state index contributed by atoms with van der Waals surface area (Å²) >= 11 is 0. The fraction of sp³-hybridized carbons (Fsp3) is 0.235. The summed E-state index contributed by atoms with van der Waals surface area (Å²) in [6.07, 6.45) is 0.224. The number of hydrogen-bond donors (Lipinski definition) is 2. The predicted molar refractivity (Wildman–Crippen MR) is 82.8 cm³/mol. The highest BCUT2D eigenvalue weighted by atomic mass is 16.5. The molecular weight excluding hydrogens is 266 g/mol. The van der Waals surface area contributed by atoms with Crippen molar-refractivity contribution in [1.82, 2.24) is 0 Å². The second kappa shape index (κ2) is 6.79. The summed E-state index contributed by atoms with van der Waals surface area (Å²) in [5, 5.41) is 12.4. The van der Waals surface area contributed by atoms with Gasteiger partial charge in [0.2, 0.25) is 5.91 Å². The first-order chi connectivity index (χ1) is 10.0. The van der Waals surface area contributed by atoms with Crippen LogP contribution < -0.4 is 10.1 Å². The highest BCUT2D eigenvalue weighted by molar-refractivity contribution is 5.92. The SMILES string of the molecule is Cc1cccc(OCCC(=O)Nc2cc(C)ccc2O)c1. The van der Waals surface area contributed by atoms with Crippen molar-refractivity contribution < 1.29 is 14.6 Å². The van der Waals surface area contributed by atoms with Gasteiger partial charge in [-0.15, -0.1) is 0 Å². The largest absolute Gasteiger partial charge is 0.506 e. The molecule has 0 unspecified atom stereocenters. The third kappa shape index (κ3) is 4.53. The maximum absolute atomic E-state index is 11.8. The van der Waals surface area contributed by atoms with Crippen molar-refractivity contribution in [2.45, 2.75) is 20.3 Å². The molecule has 0 fully saturated rings. The standard InChI is InChI=1S/C17H19NO3/c1-12-4-3-5-14(10-12)21-9-8-17(20)18-15-11-13(2)6-7-16(15)19/h3-7,10-11,19H,8-9H2,1-2H3,(H,18,20). The van der Waals surface area contributed by atoms with Gasteiger partial charge in [-0.3, -0.25) is 4.79 Å². The number of carbonyl (C=O) groups excluding carboxylic acids is 1. The molecule has 21 heavy (non-hydrogen) atoms. The summed E-state index contributed by atoms with van der Waals surface area (Å²) in [5.74, 6) is 0.623. The van der Waals surface area contributed by atoms with Gasteiger partial charge in [0, 0.05) is 0 Å². The number of nitrogens with one attached hydrogen (secondary N) is 1. The highest BCUT2D eigenvalue weighted by Crippen LogP contribution is 2.23. The number of amides is 1. The normalized spacial score (nSPS) is 10.2. The molecule has 0 bridgehead atoms. The van der Waals surface area contributed by atoms with Crippen molar-refractivity contribution in [3.63, 3.8) is 0 Å². The van der Waals surface area contributed by atoms with Crippen LogP contribution in [-0.4, -0.2) is 17.6 Å². The molecule has 0 aromatic heterocycles.